The third kappa shape index (κ3) is 6.14. The van der Waals surface area contributed by atoms with Crippen molar-refractivity contribution in [2.45, 2.75) is 57.7 Å². The highest BCUT2D eigenvalue weighted by Crippen LogP contribution is 2.12. The number of hydrogen-bond donors (Lipinski definition) is 2. The molecule has 0 unspecified atom stereocenters. The van der Waals surface area contributed by atoms with Gasteiger partial charge in [0.25, 0.3) is 0 Å². The van der Waals surface area contributed by atoms with Crippen molar-refractivity contribution in [3.8, 4) is 0 Å². The van der Waals surface area contributed by atoms with E-state index in [9.17, 15) is 9.90 Å². The predicted molar refractivity (Wildman–Crippen MR) is 108 cm³/mol. The van der Waals surface area contributed by atoms with Crippen LogP contribution in [-0.4, -0.2) is 62.5 Å². The Hall–Kier alpha value is -2.25. The first kappa shape index (κ1) is 20.5. The van der Waals surface area contributed by atoms with Gasteiger partial charge in [-0.3, -0.25) is 9.69 Å². The van der Waals surface area contributed by atoms with Gasteiger partial charge in [-0.1, -0.05) is 30.3 Å². The van der Waals surface area contributed by atoms with E-state index in [0.717, 1.165) is 44.7 Å². The molecule has 0 spiro atoms. The van der Waals surface area contributed by atoms with E-state index in [1.54, 1.807) is 6.33 Å². The zero-order valence-corrected chi connectivity index (χ0v) is 16.6. The molecule has 0 aliphatic carbocycles. The Morgan fingerprint density at radius 2 is 2.07 bits per heavy atom. The summed E-state index contributed by atoms with van der Waals surface area (Å²) in [6.45, 7) is 5.13. The summed E-state index contributed by atoms with van der Waals surface area (Å²) in [5.74, 6) is 0.936. The van der Waals surface area contributed by atoms with Crippen molar-refractivity contribution < 1.29 is 9.90 Å². The number of amides is 1. The Labute approximate surface area is 166 Å². The second kappa shape index (κ2) is 10.3. The molecule has 1 aromatic heterocycles. The minimum absolute atomic E-state index is 0.0358. The smallest absolute Gasteiger partial charge is 0.220 e. The van der Waals surface area contributed by atoms with Crippen LogP contribution in [0.3, 0.4) is 0 Å². The molecule has 2 N–H and O–H groups in total. The van der Waals surface area contributed by atoms with E-state index in [1.165, 1.54) is 5.56 Å². The molecule has 2 heterocycles. The molecule has 0 radical (unpaired) electrons. The number of nitrogens with zero attached hydrogens (tertiary/aromatic N) is 4. The molecular formula is C21H31N5O2. The molecule has 0 saturated carbocycles. The van der Waals surface area contributed by atoms with Gasteiger partial charge in [-0.2, -0.15) is 0 Å². The molecule has 1 aliphatic heterocycles. The molecular weight excluding hydrogens is 354 g/mol. The molecule has 1 aliphatic rings. The van der Waals surface area contributed by atoms with E-state index >= 15 is 0 Å². The number of nitrogens with one attached hydrogen (secondary N) is 1. The minimum Gasteiger partial charge on any atom is -0.391 e. The number of carbonyl (C=O) groups is 1. The fraction of sp³-hybridized carbons (Fsp3) is 0.571. The van der Waals surface area contributed by atoms with Gasteiger partial charge < -0.3 is 15.0 Å². The average Bonchev–Trinajstić information content (AvgIpc) is 3.11. The van der Waals surface area contributed by atoms with E-state index in [0.29, 0.717) is 19.4 Å². The van der Waals surface area contributed by atoms with Crippen LogP contribution in [0.2, 0.25) is 0 Å². The van der Waals surface area contributed by atoms with E-state index < -0.39 is 6.10 Å². The number of unbranched alkanes of at least 4 members (excludes halogenated alkanes) is 1. The van der Waals surface area contributed by atoms with Crippen LogP contribution >= 0.6 is 0 Å². The average molecular weight is 386 g/mol. The van der Waals surface area contributed by atoms with E-state index in [2.05, 4.69) is 32.5 Å². The maximum Gasteiger partial charge on any atom is 0.220 e. The van der Waals surface area contributed by atoms with Crippen molar-refractivity contribution >= 4 is 5.91 Å². The normalized spacial score (nSPS) is 20.2. The molecule has 2 aromatic rings. The molecule has 7 heteroatoms. The van der Waals surface area contributed by atoms with Crippen LogP contribution in [0, 0.1) is 6.92 Å². The lowest BCUT2D eigenvalue weighted by molar-refractivity contribution is -0.123. The number of aryl methyl sites for hydroxylation is 2. The van der Waals surface area contributed by atoms with Gasteiger partial charge in [0.05, 0.1) is 12.1 Å². The first-order chi connectivity index (χ1) is 13.6. The van der Waals surface area contributed by atoms with Crippen molar-refractivity contribution in [2.24, 2.45) is 0 Å². The van der Waals surface area contributed by atoms with Crippen LogP contribution in [0.15, 0.2) is 36.7 Å². The SMILES string of the molecule is Cc1nncn1CCN1CC[C@@H](O)[C@H](NC(=O)CCCCc2ccccc2)C1. The van der Waals surface area contributed by atoms with E-state index in [-0.39, 0.29) is 11.9 Å². The van der Waals surface area contributed by atoms with Crippen LogP contribution in [0.4, 0.5) is 0 Å². The summed E-state index contributed by atoms with van der Waals surface area (Å²) >= 11 is 0. The van der Waals surface area contributed by atoms with Gasteiger partial charge in [0.1, 0.15) is 12.2 Å². The molecule has 1 amide bonds. The number of piperidine rings is 1. The topological polar surface area (TPSA) is 83.3 Å². The summed E-state index contributed by atoms with van der Waals surface area (Å²) < 4.78 is 2.02. The summed E-state index contributed by atoms with van der Waals surface area (Å²) in [6.07, 6.45) is 5.31. The third-order valence-corrected chi connectivity index (χ3v) is 5.44. The number of benzene rings is 1. The Balaban J connectivity index is 1.37. The molecule has 28 heavy (non-hydrogen) atoms. The number of carbonyl (C=O) groups excluding carboxylic acids is 1. The number of likely N-dealkylation sites (tertiary alicyclic amines) is 1. The van der Waals surface area contributed by atoms with Gasteiger partial charge in [0, 0.05) is 32.6 Å². The summed E-state index contributed by atoms with van der Waals surface area (Å²) in [6, 6.07) is 10.1. The molecule has 1 aromatic carbocycles. The van der Waals surface area contributed by atoms with Crippen LogP contribution in [0.1, 0.15) is 37.1 Å². The highest BCUT2D eigenvalue weighted by atomic mass is 16.3. The summed E-state index contributed by atoms with van der Waals surface area (Å²) in [5, 5.41) is 21.2. The second-order valence-electron chi connectivity index (χ2n) is 7.59. The molecule has 2 atom stereocenters. The fourth-order valence-electron chi connectivity index (χ4n) is 3.67. The Morgan fingerprint density at radius 1 is 1.25 bits per heavy atom. The van der Waals surface area contributed by atoms with E-state index in [4.69, 9.17) is 0 Å². The molecule has 3 rings (SSSR count). The predicted octanol–water partition coefficient (Wildman–Crippen LogP) is 1.55. The van der Waals surface area contributed by atoms with Crippen molar-refractivity contribution in [3.63, 3.8) is 0 Å². The van der Waals surface area contributed by atoms with Gasteiger partial charge in [0.2, 0.25) is 5.91 Å². The van der Waals surface area contributed by atoms with Crippen molar-refractivity contribution in [1.29, 1.82) is 0 Å². The van der Waals surface area contributed by atoms with Gasteiger partial charge in [-0.25, -0.2) is 0 Å². The van der Waals surface area contributed by atoms with Crippen LogP contribution < -0.4 is 5.32 Å². The minimum atomic E-state index is -0.471. The van der Waals surface area contributed by atoms with Crippen LogP contribution in [0.25, 0.3) is 0 Å². The number of rotatable bonds is 9. The van der Waals surface area contributed by atoms with Crippen molar-refractivity contribution in [2.75, 3.05) is 19.6 Å². The quantitative estimate of drug-likeness (QED) is 0.640. The van der Waals surface area contributed by atoms with Gasteiger partial charge in [-0.05, 0) is 38.2 Å². The fourth-order valence-corrected chi connectivity index (χ4v) is 3.67. The third-order valence-electron chi connectivity index (χ3n) is 5.44. The Kier molecular flexibility index (Phi) is 7.56. The monoisotopic (exact) mass is 385 g/mol. The lowest BCUT2D eigenvalue weighted by atomic mass is 10.0. The Bertz CT molecular complexity index is 733. The Morgan fingerprint density at radius 3 is 2.82 bits per heavy atom. The second-order valence-corrected chi connectivity index (χ2v) is 7.59. The lowest BCUT2D eigenvalue weighted by Crippen LogP contribution is -2.55. The maximum atomic E-state index is 12.3. The largest absolute Gasteiger partial charge is 0.391 e. The number of hydrogen-bond acceptors (Lipinski definition) is 5. The molecule has 0 bridgehead atoms. The zero-order chi connectivity index (χ0) is 19.8. The molecule has 1 saturated heterocycles. The lowest BCUT2D eigenvalue weighted by Gasteiger charge is -2.36. The van der Waals surface area contributed by atoms with E-state index in [1.807, 2.05) is 29.7 Å². The highest BCUT2D eigenvalue weighted by molar-refractivity contribution is 5.76. The highest BCUT2D eigenvalue weighted by Gasteiger charge is 2.28. The molecule has 1 fully saturated rings. The number of aliphatic hydroxyl groups is 1. The first-order valence-electron chi connectivity index (χ1n) is 10.2. The standard InChI is InChI=1S/C21H31N5O2/c1-17-24-22-16-26(17)14-13-25-12-11-20(27)19(15-25)23-21(28)10-6-5-9-18-7-3-2-4-8-18/h2-4,7-8,16,19-20,27H,5-6,9-15H2,1H3,(H,23,28)/t19-,20-/m1/s1. The van der Waals surface area contributed by atoms with Crippen molar-refractivity contribution in [3.05, 3.63) is 48.0 Å². The first-order valence-corrected chi connectivity index (χ1v) is 10.2. The van der Waals surface area contributed by atoms with Gasteiger partial charge in [0.15, 0.2) is 0 Å². The maximum absolute atomic E-state index is 12.3. The van der Waals surface area contributed by atoms with Crippen LogP contribution in [-0.2, 0) is 17.8 Å². The molecule has 152 valence electrons. The van der Waals surface area contributed by atoms with Gasteiger partial charge >= 0.3 is 0 Å². The van der Waals surface area contributed by atoms with Crippen LogP contribution in [0.5, 0.6) is 0 Å². The summed E-state index contributed by atoms with van der Waals surface area (Å²) in [5.41, 5.74) is 1.31. The number of aliphatic hydroxyl groups excluding tert-OH is 1. The summed E-state index contributed by atoms with van der Waals surface area (Å²) in [7, 11) is 0. The zero-order valence-electron chi connectivity index (χ0n) is 16.6. The number of aromatic nitrogens is 3. The summed E-state index contributed by atoms with van der Waals surface area (Å²) in [4.78, 5) is 14.6. The molecule has 7 nitrogen and oxygen atoms in total. The van der Waals surface area contributed by atoms with Crippen molar-refractivity contribution in [1.82, 2.24) is 25.0 Å². The van der Waals surface area contributed by atoms with Gasteiger partial charge in [-0.15, -0.1) is 10.2 Å².